The van der Waals surface area contributed by atoms with Crippen molar-refractivity contribution in [3.63, 3.8) is 0 Å². The van der Waals surface area contributed by atoms with E-state index in [4.69, 9.17) is 9.47 Å². The van der Waals surface area contributed by atoms with Crippen LogP contribution in [-0.2, 0) is 14.3 Å². The maximum absolute atomic E-state index is 13.4. The monoisotopic (exact) mass is 394 g/mol. The number of nitrogens with zero attached hydrogens (tertiary/aromatic N) is 1. The van der Waals surface area contributed by atoms with Crippen molar-refractivity contribution < 1.29 is 19.1 Å². The minimum atomic E-state index is -0.566. The molecule has 152 valence electrons. The van der Waals surface area contributed by atoms with E-state index in [2.05, 4.69) is 5.32 Å². The van der Waals surface area contributed by atoms with Gasteiger partial charge in [0.05, 0.1) is 31.2 Å². The fourth-order valence-corrected chi connectivity index (χ4v) is 4.94. The van der Waals surface area contributed by atoms with Gasteiger partial charge < -0.3 is 19.7 Å². The number of rotatable bonds is 5. The molecule has 0 atom stereocenters. The third kappa shape index (κ3) is 2.81. The molecule has 0 bridgehead atoms. The number of morpholine rings is 1. The van der Waals surface area contributed by atoms with Gasteiger partial charge in [-0.05, 0) is 37.8 Å². The Morgan fingerprint density at radius 1 is 0.966 bits per heavy atom. The van der Waals surface area contributed by atoms with Crippen LogP contribution in [-0.4, -0.2) is 50.1 Å². The SMILES string of the molecule is COc1ccc(NC(=O)C2(C3(C(=O)N4CCOCC4)CC3)CC2)c2ccccc12. The summed E-state index contributed by atoms with van der Waals surface area (Å²) in [6.45, 7) is 2.42. The first-order valence-corrected chi connectivity index (χ1v) is 10.4. The molecule has 1 aliphatic heterocycles. The molecule has 2 aromatic rings. The lowest BCUT2D eigenvalue weighted by atomic mass is 9.83. The summed E-state index contributed by atoms with van der Waals surface area (Å²) in [6, 6.07) is 11.6. The number of amides is 2. The van der Waals surface area contributed by atoms with Crippen LogP contribution in [0.5, 0.6) is 5.75 Å². The summed E-state index contributed by atoms with van der Waals surface area (Å²) in [6.07, 6.45) is 3.17. The highest BCUT2D eigenvalue weighted by Crippen LogP contribution is 2.71. The smallest absolute Gasteiger partial charge is 0.231 e. The first kappa shape index (κ1) is 18.4. The van der Waals surface area contributed by atoms with Crippen molar-refractivity contribution >= 4 is 28.3 Å². The highest BCUT2D eigenvalue weighted by Gasteiger charge is 2.73. The molecule has 3 fully saturated rings. The zero-order chi connectivity index (χ0) is 20.1. The van der Waals surface area contributed by atoms with Gasteiger partial charge in [-0.2, -0.15) is 0 Å². The second-order valence-electron chi connectivity index (χ2n) is 8.38. The molecular weight excluding hydrogens is 368 g/mol. The van der Waals surface area contributed by atoms with E-state index in [0.29, 0.717) is 26.3 Å². The quantitative estimate of drug-likeness (QED) is 0.846. The Hall–Kier alpha value is -2.60. The molecule has 6 heteroatoms. The van der Waals surface area contributed by atoms with E-state index in [-0.39, 0.29) is 11.8 Å². The number of hydrogen-bond donors (Lipinski definition) is 1. The number of benzene rings is 2. The first-order valence-electron chi connectivity index (χ1n) is 10.4. The molecule has 1 N–H and O–H groups in total. The lowest BCUT2D eigenvalue weighted by Gasteiger charge is -2.34. The molecule has 6 nitrogen and oxygen atoms in total. The summed E-state index contributed by atoms with van der Waals surface area (Å²) in [4.78, 5) is 28.6. The van der Waals surface area contributed by atoms with Crippen LogP contribution in [0.25, 0.3) is 10.8 Å². The van der Waals surface area contributed by atoms with E-state index in [9.17, 15) is 9.59 Å². The molecule has 0 aromatic heterocycles. The van der Waals surface area contributed by atoms with Crippen LogP contribution in [0.4, 0.5) is 5.69 Å². The third-order valence-electron chi connectivity index (χ3n) is 6.91. The van der Waals surface area contributed by atoms with Crippen LogP contribution in [0, 0.1) is 10.8 Å². The minimum absolute atomic E-state index is 0.0214. The summed E-state index contributed by atoms with van der Waals surface area (Å²) < 4.78 is 10.8. The predicted octanol–water partition coefficient (Wildman–Crippen LogP) is 3.21. The van der Waals surface area contributed by atoms with Crippen LogP contribution in [0.15, 0.2) is 36.4 Å². The van der Waals surface area contributed by atoms with Gasteiger partial charge in [0.1, 0.15) is 5.75 Å². The Labute approximate surface area is 170 Å². The fourth-order valence-electron chi connectivity index (χ4n) is 4.94. The van der Waals surface area contributed by atoms with Crippen molar-refractivity contribution in [3.8, 4) is 5.75 Å². The molecule has 5 rings (SSSR count). The number of anilines is 1. The van der Waals surface area contributed by atoms with Gasteiger partial charge in [-0.25, -0.2) is 0 Å². The van der Waals surface area contributed by atoms with Crippen LogP contribution in [0.1, 0.15) is 25.7 Å². The molecule has 2 saturated carbocycles. The number of ether oxygens (including phenoxy) is 2. The van der Waals surface area contributed by atoms with Gasteiger partial charge in [0.15, 0.2) is 0 Å². The van der Waals surface area contributed by atoms with E-state index in [1.165, 1.54) is 0 Å². The van der Waals surface area contributed by atoms with Gasteiger partial charge in [-0.15, -0.1) is 0 Å². The van der Waals surface area contributed by atoms with Crippen LogP contribution >= 0.6 is 0 Å². The van der Waals surface area contributed by atoms with Crippen LogP contribution in [0.3, 0.4) is 0 Å². The number of nitrogens with one attached hydrogen (secondary N) is 1. The normalized spacial score (nSPS) is 21.5. The molecule has 0 radical (unpaired) electrons. The van der Waals surface area contributed by atoms with Crippen molar-refractivity contribution in [2.75, 3.05) is 38.7 Å². The lowest BCUT2D eigenvalue weighted by molar-refractivity contribution is -0.147. The van der Waals surface area contributed by atoms with E-state index < -0.39 is 10.8 Å². The van der Waals surface area contributed by atoms with Crippen molar-refractivity contribution in [2.24, 2.45) is 10.8 Å². The number of carbonyl (C=O) groups excluding carboxylic acids is 2. The maximum Gasteiger partial charge on any atom is 0.231 e. The Morgan fingerprint density at radius 3 is 2.24 bits per heavy atom. The molecule has 0 unspecified atom stereocenters. The van der Waals surface area contributed by atoms with Gasteiger partial charge in [-0.3, -0.25) is 9.59 Å². The Balaban J connectivity index is 1.41. The lowest BCUT2D eigenvalue weighted by Crippen LogP contribution is -2.49. The van der Waals surface area contributed by atoms with Crippen LogP contribution < -0.4 is 10.1 Å². The third-order valence-corrected chi connectivity index (χ3v) is 6.91. The molecule has 29 heavy (non-hydrogen) atoms. The zero-order valence-electron chi connectivity index (χ0n) is 16.7. The number of fused-ring (bicyclic) bond motifs is 1. The standard InChI is InChI=1S/C23H26N2O4/c1-28-19-7-6-18(16-4-2-3-5-17(16)19)24-20(26)22(8-9-22)23(10-11-23)21(27)25-12-14-29-15-13-25/h2-7H,8-15H2,1H3,(H,24,26). The highest BCUT2D eigenvalue weighted by molar-refractivity contribution is 6.09. The van der Waals surface area contributed by atoms with E-state index in [1.54, 1.807) is 7.11 Å². The molecule has 0 spiro atoms. The van der Waals surface area contributed by atoms with Gasteiger partial charge in [0.25, 0.3) is 0 Å². The minimum Gasteiger partial charge on any atom is -0.496 e. The zero-order valence-corrected chi connectivity index (χ0v) is 16.7. The summed E-state index contributed by atoms with van der Waals surface area (Å²) in [5.41, 5.74) is -0.313. The Bertz CT molecular complexity index is 972. The molecule has 2 aliphatic carbocycles. The largest absolute Gasteiger partial charge is 0.496 e. The highest BCUT2D eigenvalue weighted by atomic mass is 16.5. The summed E-state index contributed by atoms with van der Waals surface area (Å²) in [5, 5.41) is 5.06. The van der Waals surface area contributed by atoms with E-state index in [1.807, 2.05) is 41.3 Å². The van der Waals surface area contributed by atoms with E-state index in [0.717, 1.165) is 47.9 Å². The summed E-state index contributed by atoms with van der Waals surface area (Å²) >= 11 is 0. The van der Waals surface area contributed by atoms with Crippen molar-refractivity contribution in [1.29, 1.82) is 0 Å². The van der Waals surface area contributed by atoms with Gasteiger partial charge in [0, 0.05) is 29.5 Å². The molecular formula is C23H26N2O4. The van der Waals surface area contributed by atoms with Crippen molar-refractivity contribution in [1.82, 2.24) is 4.90 Å². The number of hydrogen-bond acceptors (Lipinski definition) is 4. The first-order chi connectivity index (χ1) is 14.1. The summed E-state index contributed by atoms with van der Waals surface area (Å²) in [7, 11) is 1.65. The molecule has 2 amide bonds. The van der Waals surface area contributed by atoms with Crippen molar-refractivity contribution in [2.45, 2.75) is 25.7 Å². The maximum atomic E-state index is 13.4. The van der Waals surface area contributed by atoms with E-state index >= 15 is 0 Å². The second-order valence-corrected chi connectivity index (χ2v) is 8.38. The second kappa shape index (κ2) is 6.73. The molecule has 2 aromatic carbocycles. The molecule has 1 saturated heterocycles. The predicted molar refractivity (Wildman–Crippen MR) is 110 cm³/mol. The van der Waals surface area contributed by atoms with Gasteiger partial charge in [-0.1, -0.05) is 24.3 Å². The van der Waals surface area contributed by atoms with Crippen molar-refractivity contribution in [3.05, 3.63) is 36.4 Å². The average molecular weight is 394 g/mol. The average Bonchev–Trinajstić information content (AvgIpc) is 3.67. The number of carbonyl (C=O) groups is 2. The number of methoxy groups -OCH3 is 1. The molecule has 1 heterocycles. The van der Waals surface area contributed by atoms with Crippen LogP contribution in [0.2, 0.25) is 0 Å². The Morgan fingerprint density at radius 2 is 1.62 bits per heavy atom. The van der Waals surface area contributed by atoms with Gasteiger partial charge in [0.2, 0.25) is 11.8 Å². The topological polar surface area (TPSA) is 67.9 Å². The molecule has 3 aliphatic rings. The Kier molecular flexibility index (Phi) is 4.28. The van der Waals surface area contributed by atoms with Gasteiger partial charge >= 0.3 is 0 Å². The fraction of sp³-hybridized carbons (Fsp3) is 0.478. The summed E-state index contributed by atoms with van der Waals surface area (Å²) in [5.74, 6) is 0.904.